The van der Waals surface area contributed by atoms with Gasteiger partial charge in [-0.3, -0.25) is 4.90 Å². The summed E-state index contributed by atoms with van der Waals surface area (Å²) in [6, 6.07) is 7.23. The average Bonchev–Trinajstić information content (AvgIpc) is 2.53. The number of hydrogen-bond acceptors (Lipinski definition) is 4. The SMILES string of the molecule is CC(C)[C@@H]1CN(C(=O)OC(C)(C)C)CCN1Cc1ccc(C(=O)O)cc1. The first-order chi connectivity index (χ1) is 12.1. The number of amides is 1. The highest BCUT2D eigenvalue weighted by atomic mass is 16.6. The molecule has 0 unspecified atom stereocenters. The number of carboxylic acid groups (broad SMARTS) is 1. The largest absolute Gasteiger partial charge is 0.478 e. The van der Waals surface area contributed by atoms with Crippen molar-refractivity contribution in [3.63, 3.8) is 0 Å². The van der Waals surface area contributed by atoms with Gasteiger partial charge < -0.3 is 14.7 Å². The standard InChI is InChI=1S/C20H30N2O4/c1-14(2)17-13-22(19(25)26-20(3,4)5)11-10-21(17)12-15-6-8-16(9-7-15)18(23)24/h6-9,14,17H,10-13H2,1-5H3,(H,23,24)/t17-/m0/s1. The van der Waals surface area contributed by atoms with Crippen LogP contribution in [-0.4, -0.2) is 58.2 Å². The molecule has 0 radical (unpaired) electrons. The number of carboxylic acids is 1. The highest BCUT2D eigenvalue weighted by molar-refractivity contribution is 5.87. The number of carbonyl (C=O) groups is 2. The number of ether oxygens (including phenoxy) is 1. The van der Waals surface area contributed by atoms with E-state index in [1.54, 1.807) is 17.0 Å². The van der Waals surface area contributed by atoms with Crippen LogP contribution in [0.3, 0.4) is 0 Å². The predicted octanol–water partition coefficient (Wildman–Crippen LogP) is 3.46. The number of nitrogens with zero attached hydrogens (tertiary/aromatic N) is 2. The van der Waals surface area contributed by atoms with E-state index in [-0.39, 0.29) is 12.1 Å². The lowest BCUT2D eigenvalue weighted by atomic mass is 9.98. The fourth-order valence-corrected chi connectivity index (χ4v) is 3.16. The first-order valence-electron chi connectivity index (χ1n) is 9.11. The van der Waals surface area contributed by atoms with Gasteiger partial charge >= 0.3 is 12.1 Å². The minimum Gasteiger partial charge on any atom is -0.478 e. The van der Waals surface area contributed by atoms with Crippen LogP contribution >= 0.6 is 0 Å². The molecule has 1 aliphatic heterocycles. The molecular weight excluding hydrogens is 332 g/mol. The lowest BCUT2D eigenvalue weighted by Crippen LogP contribution is -2.56. The smallest absolute Gasteiger partial charge is 0.410 e. The highest BCUT2D eigenvalue weighted by Gasteiger charge is 2.33. The summed E-state index contributed by atoms with van der Waals surface area (Å²) in [4.78, 5) is 27.5. The molecule has 2 rings (SSSR count). The van der Waals surface area contributed by atoms with Crippen LogP contribution in [0.1, 0.15) is 50.5 Å². The summed E-state index contributed by atoms with van der Waals surface area (Å²) in [5.74, 6) is -0.527. The summed E-state index contributed by atoms with van der Waals surface area (Å²) in [7, 11) is 0. The Bertz CT molecular complexity index is 634. The van der Waals surface area contributed by atoms with Crippen molar-refractivity contribution in [3.8, 4) is 0 Å². The van der Waals surface area contributed by atoms with Gasteiger partial charge in [-0.2, -0.15) is 0 Å². The van der Waals surface area contributed by atoms with Crippen molar-refractivity contribution < 1.29 is 19.4 Å². The summed E-state index contributed by atoms with van der Waals surface area (Å²) in [6.07, 6.45) is -0.256. The molecular formula is C20H30N2O4. The molecule has 0 aliphatic carbocycles. The summed E-state index contributed by atoms with van der Waals surface area (Å²) in [6.45, 7) is 12.7. The molecule has 1 N–H and O–H groups in total. The average molecular weight is 362 g/mol. The number of aromatic carboxylic acids is 1. The van der Waals surface area contributed by atoms with E-state index < -0.39 is 11.6 Å². The first kappa shape index (κ1) is 20.2. The lowest BCUT2D eigenvalue weighted by molar-refractivity contribution is -0.00427. The molecule has 1 saturated heterocycles. The Kier molecular flexibility index (Phi) is 6.29. The van der Waals surface area contributed by atoms with Crippen LogP contribution < -0.4 is 0 Å². The van der Waals surface area contributed by atoms with Gasteiger partial charge in [-0.25, -0.2) is 9.59 Å². The second-order valence-corrected chi connectivity index (χ2v) is 8.21. The van der Waals surface area contributed by atoms with E-state index in [9.17, 15) is 9.59 Å². The molecule has 0 spiro atoms. The highest BCUT2D eigenvalue weighted by Crippen LogP contribution is 2.22. The molecule has 6 nitrogen and oxygen atoms in total. The van der Waals surface area contributed by atoms with Crippen LogP contribution in [0.5, 0.6) is 0 Å². The van der Waals surface area contributed by atoms with Gasteiger partial charge in [0.25, 0.3) is 0 Å². The molecule has 0 aromatic heterocycles. The summed E-state index contributed by atoms with van der Waals surface area (Å²) in [5.41, 5.74) is 0.878. The number of rotatable bonds is 4. The van der Waals surface area contributed by atoms with E-state index >= 15 is 0 Å². The zero-order chi connectivity index (χ0) is 19.5. The van der Waals surface area contributed by atoms with E-state index in [0.29, 0.717) is 24.6 Å². The summed E-state index contributed by atoms with van der Waals surface area (Å²) < 4.78 is 5.51. The van der Waals surface area contributed by atoms with Crippen LogP contribution in [0.4, 0.5) is 4.79 Å². The molecule has 26 heavy (non-hydrogen) atoms. The molecule has 1 fully saturated rings. The Hall–Kier alpha value is -2.08. The molecule has 1 aliphatic rings. The maximum atomic E-state index is 12.4. The molecule has 1 aromatic rings. The Morgan fingerprint density at radius 3 is 2.31 bits per heavy atom. The van der Waals surface area contributed by atoms with E-state index in [1.165, 1.54) is 0 Å². The molecule has 1 aromatic carbocycles. The van der Waals surface area contributed by atoms with Gasteiger partial charge in [0.05, 0.1) is 5.56 Å². The van der Waals surface area contributed by atoms with E-state index in [0.717, 1.165) is 18.7 Å². The van der Waals surface area contributed by atoms with Crippen molar-refractivity contribution in [1.82, 2.24) is 9.80 Å². The van der Waals surface area contributed by atoms with Crippen LogP contribution in [0.15, 0.2) is 24.3 Å². The van der Waals surface area contributed by atoms with E-state index in [2.05, 4.69) is 18.7 Å². The van der Waals surface area contributed by atoms with Crippen molar-refractivity contribution in [3.05, 3.63) is 35.4 Å². The van der Waals surface area contributed by atoms with Crippen LogP contribution in [-0.2, 0) is 11.3 Å². The molecule has 0 bridgehead atoms. The van der Waals surface area contributed by atoms with Gasteiger partial charge in [-0.1, -0.05) is 26.0 Å². The third-order valence-corrected chi connectivity index (χ3v) is 4.54. The quantitative estimate of drug-likeness (QED) is 0.888. The molecule has 1 heterocycles. The predicted molar refractivity (Wildman–Crippen MR) is 100 cm³/mol. The fraction of sp³-hybridized carbons (Fsp3) is 0.600. The van der Waals surface area contributed by atoms with Gasteiger partial charge in [0, 0.05) is 32.2 Å². The third-order valence-electron chi connectivity index (χ3n) is 4.54. The Morgan fingerprint density at radius 1 is 1.19 bits per heavy atom. The minimum atomic E-state index is -0.914. The molecule has 1 amide bonds. The van der Waals surface area contributed by atoms with Gasteiger partial charge in [-0.15, -0.1) is 0 Å². The van der Waals surface area contributed by atoms with Crippen LogP contribution in [0.2, 0.25) is 0 Å². The van der Waals surface area contributed by atoms with Crippen molar-refractivity contribution >= 4 is 12.1 Å². The Labute approximate surface area is 155 Å². The number of benzene rings is 1. The number of piperazine rings is 1. The third kappa shape index (κ3) is 5.46. The molecule has 6 heteroatoms. The monoisotopic (exact) mass is 362 g/mol. The maximum Gasteiger partial charge on any atom is 0.410 e. The number of carbonyl (C=O) groups excluding carboxylic acids is 1. The van der Waals surface area contributed by atoms with Gasteiger partial charge in [-0.05, 0) is 44.4 Å². The topological polar surface area (TPSA) is 70.1 Å². The second kappa shape index (κ2) is 8.08. The van der Waals surface area contributed by atoms with E-state index in [1.807, 2.05) is 32.9 Å². The fourth-order valence-electron chi connectivity index (χ4n) is 3.16. The van der Waals surface area contributed by atoms with E-state index in [4.69, 9.17) is 9.84 Å². The lowest BCUT2D eigenvalue weighted by Gasteiger charge is -2.43. The first-order valence-corrected chi connectivity index (χ1v) is 9.11. The normalized spacial score (nSPS) is 18.8. The minimum absolute atomic E-state index is 0.232. The van der Waals surface area contributed by atoms with Gasteiger partial charge in [0.15, 0.2) is 0 Å². The summed E-state index contributed by atoms with van der Waals surface area (Å²) >= 11 is 0. The Morgan fingerprint density at radius 2 is 1.81 bits per heavy atom. The molecule has 1 atom stereocenters. The zero-order valence-electron chi connectivity index (χ0n) is 16.4. The van der Waals surface area contributed by atoms with Gasteiger partial charge in [0.1, 0.15) is 5.60 Å². The Balaban J connectivity index is 2.04. The molecule has 144 valence electrons. The van der Waals surface area contributed by atoms with Crippen molar-refractivity contribution in [2.24, 2.45) is 5.92 Å². The maximum absolute atomic E-state index is 12.4. The summed E-state index contributed by atoms with van der Waals surface area (Å²) in [5, 5.41) is 9.01. The van der Waals surface area contributed by atoms with Crippen LogP contribution in [0.25, 0.3) is 0 Å². The van der Waals surface area contributed by atoms with Crippen molar-refractivity contribution in [2.75, 3.05) is 19.6 Å². The zero-order valence-corrected chi connectivity index (χ0v) is 16.4. The molecule has 0 saturated carbocycles. The van der Waals surface area contributed by atoms with Crippen LogP contribution in [0, 0.1) is 5.92 Å². The second-order valence-electron chi connectivity index (χ2n) is 8.21. The van der Waals surface area contributed by atoms with Crippen molar-refractivity contribution in [1.29, 1.82) is 0 Å². The van der Waals surface area contributed by atoms with Crippen molar-refractivity contribution in [2.45, 2.75) is 52.8 Å². The van der Waals surface area contributed by atoms with Gasteiger partial charge in [0.2, 0.25) is 0 Å². The number of hydrogen-bond donors (Lipinski definition) is 1.